The maximum Gasteiger partial charge on any atom is 0.267 e. The SMILES string of the molecule is CCCCc1c(C)nn(-c2nc(C)c(C(=O)Nc3ccc(OC)cc3)s2)c1C. The highest BCUT2D eigenvalue weighted by atomic mass is 32.1. The first-order valence-corrected chi connectivity index (χ1v) is 10.2. The number of nitrogens with one attached hydrogen (secondary N) is 1. The molecule has 28 heavy (non-hydrogen) atoms. The van der Waals surface area contributed by atoms with Crippen molar-refractivity contribution in [3.63, 3.8) is 0 Å². The van der Waals surface area contributed by atoms with Crippen molar-refractivity contribution in [2.45, 2.75) is 47.0 Å². The van der Waals surface area contributed by atoms with Crippen LogP contribution in [0.3, 0.4) is 0 Å². The number of unbranched alkanes of at least 4 members (excludes halogenated alkanes) is 1. The number of thiazole rings is 1. The summed E-state index contributed by atoms with van der Waals surface area (Å²) >= 11 is 1.36. The number of amides is 1. The fourth-order valence-corrected chi connectivity index (χ4v) is 4.09. The van der Waals surface area contributed by atoms with Gasteiger partial charge in [-0.05, 0) is 63.4 Å². The Hall–Kier alpha value is -2.67. The summed E-state index contributed by atoms with van der Waals surface area (Å²) in [5, 5.41) is 8.31. The molecule has 0 aliphatic rings. The van der Waals surface area contributed by atoms with Gasteiger partial charge in [-0.2, -0.15) is 5.10 Å². The molecule has 1 aromatic carbocycles. The average Bonchev–Trinajstić information content (AvgIpc) is 3.20. The molecule has 0 saturated heterocycles. The van der Waals surface area contributed by atoms with Crippen LogP contribution in [-0.4, -0.2) is 27.8 Å². The molecule has 2 aromatic heterocycles. The van der Waals surface area contributed by atoms with Gasteiger partial charge in [-0.25, -0.2) is 9.67 Å². The Morgan fingerprint density at radius 3 is 2.54 bits per heavy atom. The van der Waals surface area contributed by atoms with Gasteiger partial charge in [0.15, 0.2) is 0 Å². The van der Waals surface area contributed by atoms with E-state index in [9.17, 15) is 4.79 Å². The van der Waals surface area contributed by atoms with E-state index in [0.717, 1.165) is 41.5 Å². The second-order valence-corrected chi connectivity index (χ2v) is 7.74. The first-order chi connectivity index (χ1) is 13.4. The maximum absolute atomic E-state index is 12.7. The fraction of sp³-hybridized carbons (Fsp3) is 0.381. The molecule has 0 saturated carbocycles. The number of anilines is 1. The van der Waals surface area contributed by atoms with Gasteiger partial charge in [0.2, 0.25) is 5.13 Å². The molecule has 148 valence electrons. The standard InChI is InChI=1S/C21H26N4O2S/c1-6-7-8-18-13(2)24-25(15(18)4)21-22-14(3)19(28-21)20(26)23-16-9-11-17(27-5)12-10-16/h9-12H,6-8H2,1-5H3,(H,23,26). The molecule has 0 radical (unpaired) electrons. The van der Waals surface area contributed by atoms with E-state index in [1.165, 1.54) is 16.9 Å². The van der Waals surface area contributed by atoms with Gasteiger partial charge >= 0.3 is 0 Å². The molecular formula is C21H26N4O2S. The molecule has 0 aliphatic carbocycles. The van der Waals surface area contributed by atoms with Gasteiger partial charge in [-0.1, -0.05) is 24.7 Å². The molecule has 3 rings (SSSR count). The third kappa shape index (κ3) is 4.09. The van der Waals surface area contributed by atoms with Gasteiger partial charge in [0.25, 0.3) is 5.91 Å². The van der Waals surface area contributed by atoms with Crippen LogP contribution in [0.5, 0.6) is 5.75 Å². The molecular weight excluding hydrogens is 372 g/mol. The van der Waals surface area contributed by atoms with Crippen molar-refractivity contribution < 1.29 is 9.53 Å². The number of rotatable bonds is 7. The molecule has 0 atom stereocenters. The number of aromatic nitrogens is 3. The second-order valence-electron chi connectivity index (χ2n) is 6.76. The Morgan fingerprint density at radius 2 is 1.89 bits per heavy atom. The number of carbonyl (C=O) groups excluding carboxylic acids is 1. The van der Waals surface area contributed by atoms with Crippen molar-refractivity contribution in [2.75, 3.05) is 12.4 Å². The summed E-state index contributed by atoms with van der Waals surface area (Å²) in [6.45, 7) is 8.14. The number of nitrogens with zero attached hydrogens (tertiary/aromatic N) is 3. The quantitative estimate of drug-likeness (QED) is 0.617. The van der Waals surface area contributed by atoms with E-state index in [4.69, 9.17) is 4.74 Å². The van der Waals surface area contributed by atoms with Crippen molar-refractivity contribution >= 4 is 22.9 Å². The molecule has 0 fully saturated rings. The Kier molecular flexibility index (Phi) is 6.14. The number of hydrogen-bond donors (Lipinski definition) is 1. The largest absolute Gasteiger partial charge is 0.497 e. The smallest absolute Gasteiger partial charge is 0.267 e. The predicted octanol–water partition coefficient (Wildman–Crippen LogP) is 4.86. The minimum atomic E-state index is -0.167. The van der Waals surface area contributed by atoms with E-state index >= 15 is 0 Å². The van der Waals surface area contributed by atoms with Crippen LogP contribution in [0, 0.1) is 20.8 Å². The molecule has 6 nitrogen and oxygen atoms in total. The van der Waals surface area contributed by atoms with Gasteiger partial charge in [-0.15, -0.1) is 0 Å². The lowest BCUT2D eigenvalue weighted by atomic mass is 10.1. The van der Waals surface area contributed by atoms with Crippen molar-refractivity contribution in [3.05, 3.63) is 51.8 Å². The Morgan fingerprint density at radius 1 is 1.18 bits per heavy atom. The number of hydrogen-bond acceptors (Lipinski definition) is 5. The topological polar surface area (TPSA) is 69.0 Å². The molecule has 7 heteroatoms. The monoisotopic (exact) mass is 398 g/mol. The normalized spacial score (nSPS) is 10.9. The summed E-state index contributed by atoms with van der Waals surface area (Å²) in [6.07, 6.45) is 3.30. The van der Waals surface area contributed by atoms with Crippen molar-refractivity contribution in [3.8, 4) is 10.9 Å². The van der Waals surface area contributed by atoms with Gasteiger partial charge in [0.05, 0.1) is 18.5 Å². The summed E-state index contributed by atoms with van der Waals surface area (Å²) < 4.78 is 7.01. The van der Waals surface area contributed by atoms with Crippen LogP contribution in [-0.2, 0) is 6.42 Å². The van der Waals surface area contributed by atoms with Crippen LogP contribution >= 0.6 is 11.3 Å². The summed E-state index contributed by atoms with van der Waals surface area (Å²) in [5.74, 6) is 0.580. The molecule has 0 aliphatic heterocycles. The van der Waals surface area contributed by atoms with Crippen molar-refractivity contribution in [1.82, 2.24) is 14.8 Å². The first kappa shape index (κ1) is 20.1. The zero-order valence-corrected chi connectivity index (χ0v) is 17.8. The fourth-order valence-electron chi connectivity index (χ4n) is 3.12. The van der Waals surface area contributed by atoms with Crippen molar-refractivity contribution in [2.24, 2.45) is 0 Å². The predicted molar refractivity (Wildman–Crippen MR) is 113 cm³/mol. The lowest BCUT2D eigenvalue weighted by Gasteiger charge is -2.05. The van der Waals surface area contributed by atoms with Gasteiger partial charge in [-0.3, -0.25) is 4.79 Å². The number of carbonyl (C=O) groups is 1. The third-order valence-corrected chi connectivity index (χ3v) is 5.87. The molecule has 2 heterocycles. The number of benzene rings is 1. The zero-order valence-electron chi connectivity index (χ0n) is 17.0. The summed E-state index contributed by atoms with van der Waals surface area (Å²) in [4.78, 5) is 17.9. The van der Waals surface area contributed by atoms with Crippen molar-refractivity contribution in [1.29, 1.82) is 0 Å². The highest BCUT2D eigenvalue weighted by Gasteiger charge is 2.20. The van der Waals surface area contributed by atoms with Gasteiger partial charge in [0.1, 0.15) is 10.6 Å². The molecule has 0 unspecified atom stereocenters. The molecule has 0 spiro atoms. The van der Waals surface area contributed by atoms with E-state index in [-0.39, 0.29) is 5.91 Å². The molecule has 0 bridgehead atoms. The number of aryl methyl sites for hydroxylation is 2. The van der Waals surface area contributed by atoms with Crippen LogP contribution in [0.25, 0.3) is 5.13 Å². The van der Waals surface area contributed by atoms with E-state index in [1.54, 1.807) is 7.11 Å². The highest BCUT2D eigenvalue weighted by Crippen LogP contribution is 2.26. The minimum absolute atomic E-state index is 0.167. The second kappa shape index (κ2) is 8.56. The first-order valence-electron chi connectivity index (χ1n) is 9.42. The van der Waals surface area contributed by atoms with Crippen LogP contribution in [0.1, 0.15) is 52.1 Å². The molecule has 3 aromatic rings. The third-order valence-electron chi connectivity index (χ3n) is 4.74. The minimum Gasteiger partial charge on any atom is -0.497 e. The van der Waals surface area contributed by atoms with Crippen LogP contribution < -0.4 is 10.1 Å². The summed E-state index contributed by atoms with van der Waals surface area (Å²) in [7, 11) is 1.61. The van der Waals surface area contributed by atoms with E-state index < -0.39 is 0 Å². The summed E-state index contributed by atoms with van der Waals surface area (Å²) in [5.41, 5.74) is 4.82. The molecule has 1 amide bonds. The van der Waals surface area contributed by atoms with Crippen LogP contribution in [0.15, 0.2) is 24.3 Å². The highest BCUT2D eigenvalue weighted by molar-refractivity contribution is 7.16. The van der Waals surface area contributed by atoms with Gasteiger partial charge in [0, 0.05) is 11.4 Å². The van der Waals surface area contributed by atoms with E-state index in [0.29, 0.717) is 16.3 Å². The number of methoxy groups -OCH3 is 1. The maximum atomic E-state index is 12.7. The lowest BCUT2D eigenvalue weighted by molar-refractivity contribution is 0.103. The van der Waals surface area contributed by atoms with E-state index in [2.05, 4.69) is 29.2 Å². The Labute approximate surface area is 169 Å². The summed E-state index contributed by atoms with van der Waals surface area (Å²) in [6, 6.07) is 7.26. The average molecular weight is 399 g/mol. The van der Waals surface area contributed by atoms with Crippen LogP contribution in [0.4, 0.5) is 5.69 Å². The van der Waals surface area contributed by atoms with Gasteiger partial charge < -0.3 is 10.1 Å². The van der Waals surface area contributed by atoms with Crippen LogP contribution in [0.2, 0.25) is 0 Å². The Bertz CT molecular complexity index is 973. The Balaban J connectivity index is 1.83. The molecule has 1 N–H and O–H groups in total. The zero-order chi connectivity index (χ0) is 20.3. The van der Waals surface area contributed by atoms with E-state index in [1.807, 2.05) is 42.8 Å². The number of ether oxygens (including phenoxy) is 1. The lowest BCUT2D eigenvalue weighted by Crippen LogP contribution is -2.11.